The summed E-state index contributed by atoms with van der Waals surface area (Å²) in [4.78, 5) is 23.6. The highest BCUT2D eigenvalue weighted by molar-refractivity contribution is 7.96. The Bertz CT molecular complexity index is 1090. The Morgan fingerprint density at radius 3 is 2.37 bits per heavy atom. The number of carbonyl (C=O) groups is 2. The standard InChI is InChI=1S/C19H20N2OS.C7H7NO2.CH5N/c1-23-20-14-15-5-4-6-17(13-15)16-8-10-18(11-9-16)21-12-3-2-7-19(21)22;9-5-8-6-1-3-7(10)4-2-6;1-2/h2,4-11,13,20H,3,12,14H2,1H3;1-5,10H,(H,8,9);2H2,1H3. The normalized spacial score (nSPS) is 12.1. The maximum Gasteiger partial charge on any atom is 0.250 e. The van der Waals surface area contributed by atoms with E-state index in [4.69, 9.17) is 5.11 Å². The van der Waals surface area contributed by atoms with E-state index in [2.05, 4.69) is 52.2 Å². The Balaban J connectivity index is 0.000000302. The molecule has 0 aliphatic carbocycles. The Hall–Kier alpha value is -3.59. The van der Waals surface area contributed by atoms with E-state index in [-0.39, 0.29) is 11.7 Å². The van der Waals surface area contributed by atoms with Crippen molar-refractivity contribution in [1.82, 2.24) is 4.72 Å². The number of nitrogens with one attached hydrogen (secondary N) is 2. The smallest absolute Gasteiger partial charge is 0.250 e. The van der Waals surface area contributed by atoms with Gasteiger partial charge in [0.15, 0.2) is 0 Å². The SMILES string of the molecule is CN.CSNCc1cccc(-c2ccc(N3CCC=CC3=O)cc2)c1.O=CNc1ccc(O)cc1. The van der Waals surface area contributed by atoms with Crippen molar-refractivity contribution in [2.24, 2.45) is 5.73 Å². The van der Waals surface area contributed by atoms with E-state index >= 15 is 0 Å². The van der Waals surface area contributed by atoms with Gasteiger partial charge < -0.3 is 21.1 Å². The van der Waals surface area contributed by atoms with E-state index < -0.39 is 0 Å². The van der Waals surface area contributed by atoms with Gasteiger partial charge in [-0.1, -0.05) is 48.4 Å². The van der Waals surface area contributed by atoms with Gasteiger partial charge in [-0.3, -0.25) is 14.3 Å². The number of anilines is 2. The number of phenolic OH excluding ortho intramolecular Hbond substituents is 1. The first-order chi connectivity index (χ1) is 17.1. The number of rotatable bonds is 7. The fraction of sp³-hybridized carbons (Fsp3) is 0.185. The zero-order valence-electron chi connectivity index (χ0n) is 20.0. The number of carbonyl (C=O) groups excluding carboxylic acids is 2. The minimum Gasteiger partial charge on any atom is -0.508 e. The molecule has 0 saturated carbocycles. The van der Waals surface area contributed by atoms with Crippen LogP contribution in [0.2, 0.25) is 0 Å². The van der Waals surface area contributed by atoms with Crippen molar-refractivity contribution in [3.05, 3.63) is 90.5 Å². The van der Waals surface area contributed by atoms with Gasteiger partial charge in [0.25, 0.3) is 5.91 Å². The third-order valence-corrected chi connectivity index (χ3v) is 5.43. The van der Waals surface area contributed by atoms with Crippen LogP contribution in [0.15, 0.2) is 84.9 Å². The summed E-state index contributed by atoms with van der Waals surface area (Å²) in [6, 6.07) is 23.0. The lowest BCUT2D eigenvalue weighted by atomic mass is 10.0. The van der Waals surface area contributed by atoms with Gasteiger partial charge in [-0.2, -0.15) is 0 Å². The van der Waals surface area contributed by atoms with Crippen LogP contribution in [-0.2, 0) is 16.1 Å². The highest BCUT2D eigenvalue weighted by Gasteiger charge is 2.15. The summed E-state index contributed by atoms with van der Waals surface area (Å²) in [5.41, 5.74) is 9.76. The van der Waals surface area contributed by atoms with E-state index in [1.165, 1.54) is 35.9 Å². The summed E-state index contributed by atoms with van der Waals surface area (Å²) in [7, 11) is 1.50. The Labute approximate surface area is 211 Å². The molecule has 0 spiro atoms. The second-order valence-corrected chi connectivity index (χ2v) is 7.96. The number of benzene rings is 3. The second-order valence-electron chi connectivity index (χ2n) is 7.26. The third kappa shape index (κ3) is 8.94. The van der Waals surface area contributed by atoms with Crippen molar-refractivity contribution in [3.8, 4) is 16.9 Å². The van der Waals surface area contributed by atoms with Crippen molar-refractivity contribution in [2.45, 2.75) is 13.0 Å². The van der Waals surface area contributed by atoms with Crippen LogP contribution in [0.25, 0.3) is 11.1 Å². The van der Waals surface area contributed by atoms with Gasteiger partial charge in [0, 0.05) is 24.5 Å². The van der Waals surface area contributed by atoms with Crippen LogP contribution in [0.4, 0.5) is 11.4 Å². The molecule has 1 aliphatic heterocycles. The Morgan fingerprint density at radius 2 is 1.74 bits per heavy atom. The van der Waals surface area contributed by atoms with Crippen LogP contribution in [-0.4, -0.2) is 37.3 Å². The van der Waals surface area contributed by atoms with Gasteiger partial charge in [-0.05, 0) is 85.0 Å². The van der Waals surface area contributed by atoms with Crippen molar-refractivity contribution >= 4 is 35.6 Å². The topological polar surface area (TPSA) is 108 Å². The summed E-state index contributed by atoms with van der Waals surface area (Å²) < 4.78 is 3.27. The fourth-order valence-electron chi connectivity index (χ4n) is 3.32. The zero-order chi connectivity index (χ0) is 25.5. The molecule has 0 saturated heterocycles. The minimum atomic E-state index is 0.0640. The zero-order valence-corrected chi connectivity index (χ0v) is 20.8. The predicted octanol–water partition coefficient (Wildman–Crippen LogP) is 4.55. The molecule has 3 aromatic rings. The highest BCUT2D eigenvalue weighted by Crippen LogP contribution is 2.25. The first-order valence-electron chi connectivity index (χ1n) is 11.1. The largest absolute Gasteiger partial charge is 0.508 e. The van der Waals surface area contributed by atoms with E-state index in [0.29, 0.717) is 12.1 Å². The van der Waals surface area contributed by atoms with Crippen LogP contribution in [0.1, 0.15) is 12.0 Å². The number of nitrogens with two attached hydrogens (primary N) is 1. The average Bonchev–Trinajstić information content (AvgIpc) is 2.91. The maximum atomic E-state index is 11.9. The van der Waals surface area contributed by atoms with Gasteiger partial charge in [-0.25, -0.2) is 0 Å². The lowest BCUT2D eigenvalue weighted by Gasteiger charge is -2.23. The second kappa shape index (κ2) is 15.3. The quantitative estimate of drug-likeness (QED) is 0.219. The molecular weight excluding hydrogens is 460 g/mol. The summed E-state index contributed by atoms with van der Waals surface area (Å²) in [6.07, 6.45) is 7.12. The van der Waals surface area contributed by atoms with Gasteiger partial charge in [0.05, 0.1) is 0 Å². The molecule has 1 aliphatic rings. The average molecular weight is 493 g/mol. The molecule has 7 nitrogen and oxygen atoms in total. The number of amides is 2. The van der Waals surface area contributed by atoms with Crippen molar-refractivity contribution in [1.29, 1.82) is 0 Å². The molecular formula is C27H32N4O3S. The molecule has 8 heteroatoms. The van der Waals surface area contributed by atoms with Crippen LogP contribution in [0.5, 0.6) is 5.75 Å². The number of hydrogen-bond acceptors (Lipinski definition) is 6. The summed E-state index contributed by atoms with van der Waals surface area (Å²) >= 11 is 1.62. The molecule has 184 valence electrons. The summed E-state index contributed by atoms with van der Waals surface area (Å²) in [6.45, 7) is 1.60. The molecule has 1 heterocycles. The maximum absolute atomic E-state index is 11.9. The van der Waals surface area contributed by atoms with Gasteiger partial charge in [-0.15, -0.1) is 0 Å². The van der Waals surface area contributed by atoms with E-state index in [9.17, 15) is 9.59 Å². The Morgan fingerprint density at radius 1 is 1.03 bits per heavy atom. The third-order valence-electron chi connectivity index (χ3n) is 5.00. The molecule has 0 bridgehead atoms. The predicted molar refractivity (Wildman–Crippen MR) is 146 cm³/mol. The first kappa shape index (κ1) is 27.7. The van der Waals surface area contributed by atoms with Crippen molar-refractivity contribution in [2.75, 3.05) is 30.1 Å². The van der Waals surface area contributed by atoms with Crippen molar-refractivity contribution < 1.29 is 14.7 Å². The number of hydrogen-bond donors (Lipinski definition) is 4. The van der Waals surface area contributed by atoms with Crippen LogP contribution in [0, 0.1) is 0 Å². The number of phenols is 1. The lowest BCUT2D eigenvalue weighted by molar-refractivity contribution is -0.114. The van der Waals surface area contributed by atoms with Crippen LogP contribution in [0.3, 0.4) is 0 Å². The van der Waals surface area contributed by atoms with Gasteiger partial charge >= 0.3 is 0 Å². The molecule has 0 aromatic heterocycles. The minimum absolute atomic E-state index is 0.0640. The fourth-order valence-corrected chi connectivity index (χ4v) is 3.63. The summed E-state index contributed by atoms with van der Waals surface area (Å²) in [5, 5.41) is 11.3. The first-order valence-corrected chi connectivity index (χ1v) is 12.3. The lowest BCUT2D eigenvalue weighted by Crippen LogP contribution is -2.32. The molecule has 3 aromatic carbocycles. The molecule has 2 amide bonds. The number of aromatic hydroxyl groups is 1. The molecule has 0 radical (unpaired) electrons. The molecule has 0 atom stereocenters. The van der Waals surface area contributed by atoms with E-state index in [0.717, 1.165) is 25.2 Å². The van der Waals surface area contributed by atoms with Gasteiger partial charge in [0.1, 0.15) is 5.75 Å². The summed E-state index contributed by atoms with van der Waals surface area (Å²) in [5.74, 6) is 0.255. The molecule has 0 unspecified atom stereocenters. The Kier molecular flexibility index (Phi) is 12.1. The van der Waals surface area contributed by atoms with E-state index in [1.54, 1.807) is 30.2 Å². The molecule has 4 rings (SSSR count). The van der Waals surface area contributed by atoms with Crippen LogP contribution < -0.4 is 20.7 Å². The molecule has 35 heavy (non-hydrogen) atoms. The number of nitrogens with zero attached hydrogens (tertiary/aromatic N) is 1. The van der Waals surface area contributed by atoms with Crippen LogP contribution >= 0.6 is 11.9 Å². The molecule has 0 fully saturated rings. The van der Waals surface area contributed by atoms with Gasteiger partial charge in [0.2, 0.25) is 6.41 Å². The monoisotopic (exact) mass is 492 g/mol. The van der Waals surface area contributed by atoms with Crippen molar-refractivity contribution in [3.63, 3.8) is 0 Å². The van der Waals surface area contributed by atoms with E-state index in [1.807, 2.05) is 29.4 Å². The molecule has 5 N–H and O–H groups in total. The highest BCUT2D eigenvalue weighted by atomic mass is 32.2.